The molecule has 0 radical (unpaired) electrons. The van der Waals surface area contributed by atoms with Crippen molar-refractivity contribution >= 4 is 56.9 Å². The number of anilines is 5. The molecule has 4 rings (SSSR count). The lowest BCUT2D eigenvalue weighted by molar-refractivity contribution is -0.114. The zero-order valence-corrected chi connectivity index (χ0v) is 20.2. The number of nitrogens with one attached hydrogen (secondary N) is 2. The zero-order chi connectivity index (χ0) is 25.7. The van der Waals surface area contributed by atoms with Gasteiger partial charge in [0.25, 0.3) is 0 Å². The third-order valence-corrected chi connectivity index (χ3v) is 5.74. The lowest BCUT2D eigenvalue weighted by Gasteiger charge is -2.27. The van der Waals surface area contributed by atoms with Crippen LogP contribution < -0.4 is 30.1 Å². The van der Waals surface area contributed by atoms with E-state index >= 15 is 0 Å². The number of amides is 1. The SMILES string of the molecule is COc1cc(Nc2nc3ccccc3nc2N(c2cccc(NC(=O)CN)c2)S(=O)[O-])cc(OC)c1. The standard InChI is InChI=1S/C24H24N6O5S/c1-34-18-11-16(12-19(13-18)35-2)27-23-24(29-21-9-4-3-8-20(21)28-23)30(36(32)33)17-7-5-6-15(10-17)26-22(31)14-25/h3-13H,14,25H2,1-2H3,(H,26,31)(H,27,28)(H,32,33)/p-1. The summed E-state index contributed by atoms with van der Waals surface area (Å²) in [6, 6.07) is 18.5. The minimum Gasteiger partial charge on any atom is -0.755 e. The highest BCUT2D eigenvalue weighted by molar-refractivity contribution is 7.81. The van der Waals surface area contributed by atoms with Gasteiger partial charge in [-0.3, -0.25) is 13.3 Å². The Morgan fingerprint density at radius 3 is 2.25 bits per heavy atom. The van der Waals surface area contributed by atoms with Crippen LogP contribution in [0.2, 0.25) is 0 Å². The molecular formula is C24H23N6O5S-. The molecule has 4 aromatic rings. The van der Waals surface area contributed by atoms with Crippen molar-refractivity contribution in [2.75, 3.05) is 35.7 Å². The predicted octanol–water partition coefficient (Wildman–Crippen LogP) is 3.22. The lowest BCUT2D eigenvalue weighted by atomic mass is 10.2. The quantitative estimate of drug-likeness (QED) is 0.290. The van der Waals surface area contributed by atoms with E-state index in [0.717, 1.165) is 4.31 Å². The fourth-order valence-electron chi connectivity index (χ4n) is 3.43. The van der Waals surface area contributed by atoms with Crippen LogP contribution in [0.15, 0.2) is 66.7 Å². The largest absolute Gasteiger partial charge is 0.755 e. The number of carbonyl (C=O) groups is 1. The van der Waals surface area contributed by atoms with Gasteiger partial charge in [-0.25, -0.2) is 9.97 Å². The maximum absolute atomic E-state index is 12.5. The summed E-state index contributed by atoms with van der Waals surface area (Å²) in [5, 5.41) is 5.76. The number of ether oxygens (including phenoxy) is 2. The van der Waals surface area contributed by atoms with Crippen LogP contribution in [0, 0.1) is 0 Å². The average Bonchev–Trinajstić information content (AvgIpc) is 2.88. The van der Waals surface area contributed by atoms with Gasteiger partial charge in [0.05, 0.1) is 48.8 Å². The fourth-order valence-corrected chi connectivity index (χ4v) is 3.99. The Hall–Kier alpha value is -4.26. The van der Waals surface area contributed by atoms with E-state index in [-0.39, 0.29) is 23.9 Å². The molecule has 12 heteroatoms. The van der Waals surface area contributed by atoms with Gasteiger partial charge in [0.1, 0.15) is 11.5 Å². The van der Waals surface area contributed by atoms with Gasteiger partial charge in [-0.2, -0.15) is 0 Å². The van der Waals surface area contributed by atoms with E-state index in [1.807, 2.05) is 6.07 Å². The second kappa shape index (κ2) is 11.0. The van der Waals surface area contributed by atoms with Crippen LogP contribution in [-0.2, 0) is 16.1 Å². The van der Waals surface area contributed by atoms with Gasteiger partial charge in [-0.15, -0.1) is 0 Å². The van der Waals surface area contributed by atoms with Crippen LogP contribution in [0.25, 0.3) is 11.0 Å². The smallest absolute Gasteiger partial charge is 0.238 e. The van der Waals surface area contributed by atoms with Gasteiger partial charge in [-0.1, -0.05) is 18.2 Å². The van der Waals surface area contributed by atoms with Gasteiger partial charge in [0.2, 0.25) is 5.91 Å². The fraction of sp³-hybridized carbons (Fsp3) is 0.125. The van der Waals surface area contributed by atoms with Crippen LogP contribution >= 0.6 is 0 Å². The number of aromatic nitrogens is 2. The van der Waals surface area contributed by atoms with E-state index in [0.29, 0.717) is 33.9 Å². The summed E-state index contributed by atoms with van der Waals surface area (Å²) in [5.74, 6) is 0.831. The Labute approximate surface area is 209 Å². The molecule has 1 aromatic heterocycles. The highest BCUT2D eigenvalue weighted by Crippen LogP contribution is 2.36. The van der Waals surface area contributed by atoms with Crippen molar-refractivity contribution in [3.63, 3.8) is 0 Å². The van der Waals surface area contributed by atoms with Gasteiger partial charge in [0.15, 0.2) is 11.6 Å². The summed E-state index contributed by atoms with van der Waals surface area (Å²) in [6.07, 6.45) is 0. The molecule has 0 spiro atoms. The summed E-state index contributed by atoms with van der Waals surface area (Å²) < 4.78 is 36.7. The first-order valence-corrected chi connectivity index (χ1v) is 11.7. The minimum absolute atomic E-state index is 0.0196. The van der Waals surface area contributed by atoms with Crippen molar-refractivity contribution in [3.8, 4) is 11.5 Å². The van der Waals surface area contributed by atoms with Gasteiger partial charge in [-0.05, 0) is 30.3 Å². The van der Waals surface area contributed by atoms with Gasteiger partial charge in [0, 0.05) is 29.6 Å². The van der Waals surface area contributed by atoms with Crippen LogP contribution in [-0.4, -0.2) is 45.4 Å². The maximum atomic E-state index is 12.5. The Kier molecular flexibility index (Phi) is 7.59. The number of para-hydroxylation sites is 2. The Bertz CT molecular complexity index is 1410. The summed E-state index contributed by atoms with van der Waals surface area (Å²) in [5.41, 5.74) is 7.57. The van der Waals surface area contributed by atoms with Crippen LogP contribution in [0.1, 0.15) is 0 Å². The lowest BCUT2D eigenvalue weighted by Crippen LogP contribution is -2.24. The Morgan fingerprint density at radius 1 is 0.972 bits per heavy atom. The van der Waals surface area contributed by atoms with Gasteiger partial charge >= 0.3 is 0 Å². The monoisotopic (exact) mass is 507 g/mol. The summed E-state index contributed by atoms with van der Waals surface area (Å²) in [7, 11) is 3.05. The van der Waals surface area contributed by atoms with Crippen molar-refractivity contribution in [1.82, 2.24) is 9.97 Å². The second-order valence-corrected chi connectivity index (χ2v) is 8.22. The van der Waals surface area contributed by atoms with E-state index in [4.69, 9.17) is 15.2 Å². The molecule has 36 heavy (non-hydrogen) atoms. The molecule has 0 bridgehead atoms. The van der Waals surface area contributed by atoms with Crippen molar-refractivity contribution in [2.24, 2.45) is 5.73 Å². The number of hydrogen-bond donors (Lipinski definition) is 3. The topological polar surface area (TPSA) is 155 Å². The molecule has 1 atom stereocenters. The summed E-state index contributed by atoms with van der Waals surface area (Å²) >= 11 is -2.80. The Balaban J connectivity index is 1.86. The molecule has 0 aliphatic rings. The zero-order valence-electron chi connectivity index (χ0n) is 19.4. The molecule has 3 aromatic carbocycles. The number of rotatable bonds is 9. The van der Waals surface area contributed by atoms with E-state index < -0.39 is 17.2 Å². The first kappa shape index (κ1) is 24.9. The number of nitrogens with two attached hydrogens (primary N) is 1. The highest BCUT2D eigenvalue weighted by atomic mass is 32.2. The third kappa shape index (κ3) is 5.51. The predicted molar refractivity (Wildman–Crippen MR) is 138 cm³/mol. The van der Waals surface area contributed by atoms with Crippen molar-refractivity contribution in [3.05, 3.63) is 66.7 Å². The molecule has 11 nitrogen and oxygen atoms in total. The second-order valence-electron chi connectivity index (χ2n) is 7.42. The maximum Gasteiger partial charge on any atom is 0.238 e. The number of benzene rings is 3. The first-order chi connectivity index (χ1) is 17.4. The number of fused-ring (bicyclic) bond motifs is 1. The van der Waals surface area contributed by atoms with E-state index in [9.17, 15) is 13.6 Å². The molecule has 0 aliphatic heterocycles. The van der Waals surface area contributed by atoms with E-state index in [1.165, 1.54) is 20.3 Å². The third-order valence-electron chi connectivity index (χ3n) is 5.06. The first-order valence-electron chi connectivity index (χ1n) is 10.7. The molecule has 0 saturated carbocycles. The summed E-state index contributed by atoms with van der Waals surface area (Å²) in [4.78, 5) is 21.0. The molecule has 0 fully saturated rings. The van der Waals surface area contributed by atoms with Crippen LogP contribution in [0.4, 0.5) is 28.7 Å². The van der Waals surface area contributed by atoms with Crippen molar-refractivity contribution in [2.45, 2.75) is 0 Å². The van der Waals surface area contributed by atoms with Crippen LogP contribution in [0.3, 0.4) is 0 Å². The molecule has 0 saturated heterocycles. The van der Waals surface area contributed by atoms with E-state index in [2.05, 4.69) is 20.6 Å². The van der Waals surface area contributed by atoms with Crippen LogP contribution in [0.5, 0.6) is 11.5 Å². The minimum atomic E-state index is -2.80. The molecule has 1 heterocycles. The molecule has 1 unspecified atom stereocenters. The molecule has 186 valence electrons. The van der Waals surface area contributed by atoms with Gasteiger partial charge < -0.3 is 30.4 Å². The molecule has 0 aliphatic carbocycles. The summed E-state index contributed by atoms with van der Waals surface area (Å²) in [6.45, 7) is -0.213. The number of hydrogen-bond acceptors (Lipinski definition) is 9. The average molecular weight is 508 g/mol. The number of methoxy groups -OCH3 is 2. The molecule has 1 amide bonds. The van der Waals surface area contributed by atoms with E-state index in [1.54, 1.807) is 54.6 Å². The normalized spacial score (nSPS) is 11.6. The number of carbonyl (C=O) groups excluding carboxylic acids is 1. The van der Waals surface area contributed by atoms with Crippen molar-refractivity contribution in [1.29, 1.82) is 0 Å². The van der Waals surface area contributed by atoms with Crippen molar-refractivity contribution < 1.29 is 23.0 Å². The molecular weight excluding hydrogens is 484 g/mol. The highest BCUT2D eigenvalue weighted by Gasteiger charge is 2.20. The number of nitrogens with zero attached hydrogens (tertiary/aromatic N) is 3. The Morgan fingerprint density at radius 2 is 1.64 bits per heavy atom. The molecule has 4 N–H and O–H groups in total.